The van der Waals surface area contributed by atoms with Crippen LogP contribution >= 0.6 is 0 Å². The third-order valence-electron chi connectivity index (χ3n) is 3.06. The number of rotatable bonds is 0. The van der Waals surface area contributed by atoms with E-state index in [9.17, 15) is 9.59 Å². The summed E-state index contributed by atoms with van der Waals surface area (Å²) in [5.41, 5.74) is 0. The van der Waals surface area contributed by atoms with Gasteiger partial charge in [-0.1, -0.05) is 0 Å². The van der Waals surface area contributed by atoms with Crippen molar-refractivity contribution < 1.29 is 23.8 Å². The zero-order valence-electron chi connectivity index (χ0n) is 7.47. The van der Waals surface area contributed by atoms with Crippen molar-refractivity contribution in [2.24, 2.45) is 5.92 Å². The zero-order valence-corrected chi connectivity index (χ0v) is 7.47. The molecule has 3 heterocycles. The molecule has 5 nitrogen and oxygen atoms in total. The second-order valence-electron chi connectivity index (χ2n) is 3.93. The fourth-order valence-corrected chi connectivity index (χ4v) is 2.41. The summed E-state index contributed by atoms with van der Waals surface area (Å²) in [5, 5.41) is 0. The Bertz CT molecular complexity index is 270. The van der Waals surface area contributed by atoms with Crippen LogP contribution in [0.1, 0.15) is 12.8 Å². The Hall–Kier alpha value is -1.10. The maximum absolute atomic E-state index is 11.1. The van der Waals surface area contributed by atoms with Crippen molar-refractivity contribution >= 4 is 11.9 Å². The first kappa shape index (κ1) is 8.23. The average Bonchev–Trinajstić information content (AvgIpc) is 2.65. The van der Waals surface area contributed by atoms with Gasteiger partial charge in [0.15, 0.2) is 0 Å². The minimum absolute atomic E-state index is 0.00713. The highest BCUT2D eigenvalue weighted by atomic mass is 16.6. The summed E-state index contributed by atoms with van der Waals surface area (Å²) in [5.74, 6) is -0.445. The summed E-state index contributed by atoms with van der Waals surface area (Å²) in [4.78, 5) is 22.1. The maximum atomic E-state index is 11.1. The third kappa shape index (κ3) is 1.05. The fraction of sp³-hybridized carbons (Fsp3) is 0.778. The first-order valence-electron chi connectivity index (χ1n) is 4.74. The quantitative estimate of drug-likeness (QED) is 0.497. The molecule has 3 rings (SSSR count). The number of ether oxygens (including phenoxy) is 3. The van der Waals surface area contributed by atoms with Crippen molar-refractivity contribution in [1.29, 1.82) is 0 Å². The van der Waals surface area contributed by atoms with E-state index in [1.165, 1.54) is 0 Å². The second-order valence-corrected chi connectivity index (χ2v) is 3.93. The molecule has 0 bridgehead atoms. The van der Waals surface area contributed by atoms with Crippen molar-refractivity contribution in [1.82, 2.24) is 0 Å². The molecule has 3 saturated heterocycles. The van der Waals surface area contributed by atoms with E-state index in [0.29, 0.717) is 19.4 Å². The van der Waals surface area contributed by atoms with Crippen molar-refractivity contribution in [2.45, 2.75) is 31.2 Å². The lowest BCUT2D eigenvalue weighted by molar-refractivity contribution is -0.158. The van der Waals surface area contributed by atoms with Gasteiger partial charge in [0.25, 0.3) is 0 Å². The molecule has 3 aliphatic rings. The van der Waals surface area contributed by atoms with Gasteiger partial charge >= 0.3 is 11.9 Å². The average molecular weight is 198 g/mol. The predicted molar refractivity (Wildman–Crippen MR) is 42.2 cm³/mol. The Morgan fingerprint density at radius 2 is 1.79 bits per heavy atom. The van der Waals surface area contributed by atoms with E-state index in [1.54, 1.807) is 0 Å². The monoisotopic (exact) mass is 198 g/mol. The Kier molecular flexibility index (Phi) is 1.58. The largest absolute Gasteiger partial charge is 0.459 e. The summed E-state index contributed by atoms with van der Waals surface area (Å²) in [6.07, 6.45) is 0.00507. The summed E-state index contributed by atoms with van der Waals surface area (Å²) >= 11 is 0. The number of fused-ring (bicyclic) bond motifs is 3. The van der Waals surface area contributed by atoms with Gasteiger partial charge in [-0.2, -0.15) is 0 Å². The summed E-state index contributed by atoms with van der Waals surface area (Å²) in [7, 11) is 0. The summed E-state index contributed by atoms with van der Waals surface area (Å²) < 4.78 is 15.6. The van der Waals surface area contributed by atoms with Crippen molar-refractivity contribution in [2.75, 3.05) is 6.61 Å². The first-order chi connectivity index (χ1) is 6.74. The predicted octanol–water partition coefficient (Wildman–Crippen LogP) is -0.368. The van der Waals surface area contributed by atoms with Gasteiger partial charge in [-0.25, -0.2) is 0 Å². The molecular weight excluding hydrogens is 188 g/mol. The van der Waals surface area contributed by atoms with Crippen molar-refractivity contribution in [3.8, 4) is 0 Å². The highest BCUT2D eigenvalue weighted by Gasteiger charge is 2.52. The van der Waals surface area contributed by atoms with Gasteiger partial charge in [-0.15, -0.1) is 0 Å². The number of carbonyl (C=O) groups excluding carboxylic acids is 2. The van der Waals surface area contributed by atoms with Crippen LogP contribution in [0.3, 0.4) is 0 Å². The van der Waals surface area contributed by atoms with Crippen molar-refractivity contribution in [3.63, 3.8) is 0 Å². The van der Waals surface area contributed by atoms with E-state index in [4.69, 9.17) is 14.2 Å². The number of hydrogen-bond donors (Lipinski definition) is 0. The molecule has 76 valence electrons. The van der Waals surface area contributed by atoms with Crippen LogP contribution in [-0.4, -0.2) is 36.9 Å². The van der Waals surface area contributed by atoms with Crippen LogP contribution in [-0.2, 0) is 23.8 Å². The van der Waals surface area contributed by atoms with Gasteiger partial charge in [-0.05, 0) is 0 Å². The second kappa shape index (κ2) is 2.70. The first-order valence-corrected chi connectivity index (χ1v) is 4.74. The summed E-state index contributed by atoms with van der Waals surface area (Å²) in [6, 6.07) is 0. The van der Waals surface area contributed by atoms with Gasteiger partial charge in [0.05, 0.1) is 19.4 Å². The van der Waals surface area contributed by atoms with E-state index in [1.807, 2.05) is 0 Å². The van der Waals surface area contributed by atoms with E-state index in [0.717, 1.165) is 0 Å². The van der Waals surface area contributed by atoms with E-state index >= 15 is 0 Å². The van der Waals surface area contributed by atoms with Gasteiger partial charge in [0.2, 0.25) is 0 Å². The van der Waals surface area contributed by atoms with Gasteiger partial charge in [0.1, 0.15) is 18.3 Å². The smallest absolute Gasteiger partial charge is 0.308 e. The topological polar surface area (TPSA) is 61.8 Å². The number of carbonyl (C=O) groups is 2. The highest BCUT2D eigenvalue weighted by Crippen LogP contribution is 2.38. The van der Waals surface area contributed by atoms with Gasteiger partial charge < -0.3 is 14.2 Å². The SMILES string of the molecule is O=C1C[C@@H]2OC[C@H]3OC(=O)C[C@H]3[C@@H]2O1. The van der Waals surface area contributed by atoms with Gasteiger partial charge in [-0.3, -0.25) is 9.59 Å². The molecule has 0 N–H and O–H groups in total. The lowest BCUT2D eigenvalue weighted by Gasteiger charge is -2.31. The van der Waals surface area contributed by atoms with Crippen molar-refractivity contribution in [3.05, 3.63) is 0 Å². The van der Waals surface area contributed by atoms with E-state index in [-0.39, 0.29) is 36.2 Å². The molecule has 0 saturated carbocycles. The van der Waals surface area contributed by atoms with Crippen LogP contribution in [0, 0.1) is 5.92 Å². The van der Waals surface area contributed by atoms with Crippen LogP contribution in [0.25, 0.3) is 0 Å². The molecule has 14 heavy (non-hydrogen) atoms. The van der Waals surface area contributed by atoms with Crippen LogP contribution < -0.4 is 0 Å². The normalized spacial score (nSPS) is 45.4. The molecule has 0 unspecified atom stereocenters. The number of hydrogen-bond acceptors (Lipinski definition) is 5. The Morgan fingerprint density at radius 3 is 2.64 bits per heavy atom. The zero-order chi connectivity index (χ0) is 9.71. The van der Waals surface area contributed by atoms with Crippen LogP contribution in [0.4, 0.5) is 0 Å². The van der Waals surface area contributed by atoms with Crippen LogP contribution in [0.5, 0.6) is 0 Å². The molecule has 5 heteroatoms. The molecule has 0 radical (unpaired) electrons. The molecule has 0 aromatic heterocycles. The molecule has 0 aromatic rings. The van der Waals surface area contributed by atoms with Crippen LogP contribution in [0.2, 0.25) is 0 Å². The lowest BCUT2D eigenvalue weighted by atomic mass is 9.89. The van der Waals surface area contributed by atoms with E-state index < -0.39 is 0 Å². The molecule has 3 aliphatic heterocycles. The molecule has 0 aromatic carbocycles. The van der Waals surface area contributed by atoms with Gasteiger partial charge in [0, 0.05) is 5.92 Å². The molecule has 0 amide bonds. The van der Waals surface area contributed by atoms with E-state index in [2.05, 4.69) is 0 Å². The Morgan fingerprint density at radius 1 is 1.00 bits per heavy atom. The molecule has 4 atom stereocenters. The number of esters is 2. The minimum Gasteiger partial charge on any atom is -0.459 e. The highest BCUT2D eigenvalue weighted by molar-refractivity contribution is 5.75. The standard InChI is InChI=1S/C9H10O5/c10-7-1-4-6(13-7)3-12-5-2-8(11)14-9(4)5/h4-6,9H,1-3H2/t4-,5+,6-,9+/m1/s1. The molecule has 0 aliphatic carbocycles. The summed E-state index contributed by atoms with van der Waals surface area (Å²) in [6.45, 7) is 0.397. The molecule has 3 fully saturated rings. The van der Waals surface area contributed by atoms with Crippen LogP contribution in [0.15, 0.2) is 0 Å². The maximum Gasteiger partial charge on any atom is 0.308 e. The fourth-order valence-electron chi connectivity index (χ4n) is 2.41. The molecule has 0 spiro atoms. The Labute approximate surface area is 80.3 Å². The minimum atomic E-state index is -0.271. The lowest BCUT2D eigenvalue weighted by Crippen LogP contribution is -2.44. The third-order valence-corrected chi connectivity index (χ3v) is 3.06. The molecular formula is C9H10O5. The Balaban J connectivity index is 1.84.